The quantitative estimate of drug-likeness (QED) is 0.819. The predicted molar refractivity (Wildman–Crippen MR) is 71.1 cm³/mol. The van der Waals surface area contributed by atoms with Crippen molar-refractivity contribution in [3.63, 3.8) is 0 Å². The molecule has 0 saturated heterocycles. The van der Waals surface area contributed by atoms with Crippen molar-refractivity contribution in [2.24, 2.45) is 0 Å². The monoisotopic (exact) mass is 265 g/mol. The van der Waals surface area contributed by atoms with E-state index in [0.29, 0.717) is 12.6 Å². The lowest BCUT2D eigenvalue weighted by Gasteiger charge is -2.31. The Balaban J connectivity index is 2.13. The average molecular weight is 265 g/mol. The standard InChI is InChI=1S/C15H20FNO2/c1-15(2,19-3)14(18)17(13-8-9-13)10-11-4-6-12(16)7-5-11/h4-7,13H,8-10H2,1-3H3. The van der Waals surface area contributed by atoms with Gasteiger partial charge in [0.05, 0.1) is 0 Å². The summed E-state index contributed by atoms with van der Waals surface area (Å²) in [5, 5.41) is 0. The van der Waals surface area contributed by atoms with Crippen LogP contribution in [0.25, 0.3) is 0 Å². The number of halogens is 1. The second kappa shape index (κ2) is 5.29. The molecule has 1 saturated carbocycles. The van der Waals surface area contributed by atoms with Crippen LogP contribution in [-0.4, -0.2) is 29.6 Å². The molecule has 0 heterocycles. The van der Waals surface area contributed by atoms with Gasteiger partial charge in [-0.05, 0) is 44.4 Å². The molecule has 1 aromatic rings. The van der Waals surface area contributed by atoms with Gasteiger partial charge in [-0.2, -0.15) is 0 Å². The molecular weight excluding hydrogens is 245 g/mol. The van der Waals surface area contributed by atoms with Crippen LogP contribution in [0.4, 0.5) is 4.39 Å². The maximum Gasteiger partial charge on any atom is 0.254 e. The number of amides is 1. The molecule has 0 radical (unpaired) electrons. The van der Waals surface area contributed by atoms with Gasteiger partial charge in [0, 0.05) is 19.7 Å². The highest BCUT2D eigenvalue weighted by molar-refractivity contribution is 5.85. The molecule has 0 unspecified atom stereocenters. The van der Waals surface area contributed by atoms with Crippen molar-refractivity contribution >= 4 is 5.91 Å². The van der Waals surface area contributed by atoms with Crippen LogP contribution in [0.1, 0.15) is 32.3 Å². The van der Waals surface area contributed by atoms with E-state index in [1.807, 2.05) is 4.90 Å². The van der Waals surface area contributed by atoms with Gasteiger partial charge in [0.15, 0.2) is 0 Å². The minimum atomic E-state index is -0.817. The molecule has 1 amide bonds. The van der Waals surface area contributed by atoms with E-state index in [2.05, 4.69) is 0 Å². The van der Waals surface area contributed by atoms with Gasteiger partial charge in [0.1, 0.15) is 11.4 Å². The Hall–Kier alpha value is -1.42. The highest BCUT2D eigenvalue weighted by Crippen LogP contribution is 2.31. The van der Waals surface area contributed by atoms with E-state index < -0.39 is 5.60 Å². The third kappa shape index (κ3) is 3.32. The normalized spacial score (nSPS) is 15.4. The van der Waals surface area contributed by atoms with E-state index in [4.69, 9.17) is 4.74 Å². The van der Waals surface area contributed by atoms with E-state index >= 15 is 0 Å². The topological polar surface area (TPSA) is 29.5 Å². The minimum absolute atomic E-state index is 0.0122. The fourth-order valence-corrected chi connectivity index (χ4v) is 1.97. The summed E-state index contributed by atoms with van der Waals surface area (Å²) in [6.07, 6.45) is 2.07. The number of carbonyl (C=O) groups is 1. The van der Waals surface area contributed by atoms with Crippen molar-refractivity contribution in [3.8, 4) is 0 Å². The molecule has 0 atom stereocenters. The van der Waals surface area contributed by atoms with Crippen LogP contribution in [0, 0.1) is 5.82 Å². The van der Waals surface area contributed by atoms with Gasteiger partial charge < -0.3 is 9.64 Å². The summed E-state index contributed by atoms with van der Waals surface area (Å²) >= 11 is 0. The highest BCUT2D eigenvalue weighted by atomic mass is 19.1. The van der Waals surface area contributed by atoms with Crippen LogP contribution >= 0.6 is 0 Å². The number of benzene rings is 1. The number of rotatable bonds is 5. The molecular formula is C15H20FNO2. The van der Waals surface area contributed by atoms with Crippen molar-refractivity contribution < 1.29 is 13.9 Å². The molecule has 0 N–H and O–H groups in total. The summed E-state index contributed by atoms with van der Waals surface area (Å²) in [4.78, 5) is 14.3. The molecule has 0 aliphatic heterocycles. The molecule has 1 aliphatic rings. The fraction of sp³-hybridized carbons (Fsp3) is 0.533. The fourth-order valence-electron chi connectivity index (χ4n) is 1.97. The number of methoxy groups -OCH3 is 1. The zero-order valence-electron chi connectivity index (χ0n) is 11.6. The lowest BCUT2D eigenvalue weighted by atomic mass is 10.1. The maximum absolute atomic E-state index is 12.9. The third-order valence-electron chi connectivity index (χ3n) is 3.54. The first-order valence-electron chi connectivity index (χ1n) is 6.54. The predicted octanol–water partition coefficient (Wildman–Crippen LogP) is 2.74. The van der Waals surface area contributed by atoms with E-state index in [0.717, 1.165) is 18.4 Å². The van der Waals surface area contributed by atoms with Crippen LogP contribution < -0.4 is 0 Å². The molecule has 19 heavy (non-hydrogen) atoms. The zero-order valence-corrected chi connectivity index (χ0v) is 11.6. The number of carbonyl (C=O) groups excluding carboxylic acids is 1. The summed E-state index contributed by atoms with van der Waals surface area (Å²) in [6, 6.07) is 6.58. The molecule has 4 heteroatoms. The van der Waals surface area contributed by atoms with Gasteiger partial charge in [-0.25, -0.2) is 4.39 Å². The molecule has 1 aliphatic carbocycles. The average Bonchev–Trinajstić information content (AvgIpc) is 3.21. The molecule has 0 bridgehead atoms. The zero-order chi connectivity index (χ0) is 14.0. The number of hydrogen-bond donors (Lipinski definition) is 0. The second-order valence-corrected chi connectivity index (χ2v) is 5.51. The number of hydrogen-bond acceptors (Lipinski definition) is 2. The van der Waals surface area contributed by atoms with Crippen molar-refractivity contribution in [1.82, 2.24) is 4.90 Å². The molecule has 104 valence electrons. The van der Waals surface area contributed by atoms with E-state index in [1.54, 1.807) is 33.1 Å². The Labute approximate surface area is 113 Å². The smallest absolute Gasteiger partial charge is 0.254 e. The van der Waals surface area contributed by atoms with Gasteiger partial charge >= 0.3 is 0 Å². The Morgan fingerprint density at radius 2 is 1.95 bits per heavy atom. The van der Waals surface area contributed by atoms with Crippen molar-refractivity contribution in [3.05, 3.63) is 35.6 Å². The molecule has 3 nitrogen and oxygen atoms in total. The SMILES string of the molecule is COC(C)(C)C(=O)N(Cc1ccc(F)cc1)C1CC1. The highest BCUT2D eigenvalue weighted by Gasteiger charge is 2.39. The van der Waals surface area contributed by atoms with E-state index in [1.165, 1.54) is 12.1 Å². The summed E-state index contributed by atoms with van der Waals surface area (Å²) in [5.41, 5.74) is 0.122. The first-order chi connectivity index (χ1) is 8.94. The first kappa shape index (κ1) is 14.0. The van der Waals surface area contributed by atoms with Crippen molar-refractivity contribution in [2.75, 3.05) is 7.11 Å². The number of nitrogens with zero attached hydrogens (tertiary/aromatic N) is 1. The van der Waals surface area contributed by atoms with E-state index in [9.17, 15) is 9.18 Å². The van der Waals surface area contributed by atoms with Crippen molar-refractivity contribution in [2.45, 2.75) is 44.9 Å². The molecule has 1 fully saturated rings. The van der Waals surface area contributed by atoms with Crippen LogP contribution in [0.2, 0.25) is 0 Å². The van der Waals surface area contributed by atoms with Gasteiger partial charge in [0.25, 0.3) is 5.91 Å². The summed E-state index contributed by atoms with van der Waals surface area (Å²) in [7, 11) is 1.54. The summed E-state index contributed by atoms with van der Waals surface area (Å²) in [5.74, 6) is -0.271. The van der Waals surface area contributed by atoms with Gasteiger partial charge in [-0.3, -0.25) is 4.79 Å². The first-order valence-corrected chi connectivity index (χ1v) is 6.54. The Kier molecular flexibility index (Phi) is 3.90. The molecule has 1 aromatic carbocycles. The second-order valence-electron chi connectivity index (χ2n) is 5.51. The van der Waals surface area contributed by atoms with Crippen LogP contribution in [0.5, 0.6) is 0 Å². The largest absolute Gasteiger partial charge is 0.369 e. The molecule has 0 aromatic heterocycles. The van der Waals surface area contributed by atoms with Gasteiger partial charge in [-0.15, -0.1) is 0 Å². The number of ether oxygens (including phenoxy) is 1. The summed E-state index contributed by atoms with van der Waals surface area (Å²) in [6.45, 7) is 4.06. The lowest BCUT2D eigenvalue weighted by Crippen LogP contribution is -2.47. The van der Waals surface area contributed by atoms with Crippen LogP contribution in [0.15, 0.2) is 24.3 Å². The Bertz CT molecular complexity index is 452. The third-order valence-corrected chi connectivity index (χ3v) is 3.54. The molecule has 2 rings (SSSR count). The Morgan fingerprint density at radius 3 is 2.42 bits per heavy atom. The maximum atomic E-state index is 12.9. The van der Waals surface area contributed by atoms with Crippen molar-refractivity contribution in [1.29, 1.82) is 0 Å². The lowest BCUT2D eigenvalue weighted by molar-refractivity contribution is -0.152. The van der Waals surface area contributed by atoms with Crippen LogP contribution in [-0.2, 0) is 16.1 Å². The minimum Gasteiger partial charge on any atom is -0.369 e. The van der Waals surface area contributed by atoms with Crippen LogP contribution in [0.3, 0.4) is 0 Å². The van der Waals surface area contributed by atoms with E-state index in [-0.39, 0.29) is 11.7 Å². The Morgan fingerprint density at radius 1 is 1.37 bits per heavy atom. The molecule has 0 spiro atoms. The summed E-state index contributed by atoms with van der Waals surface area (Å²) < 4.78 is 18.2. The van der Waals surface area contributed by atoms with Gasteiger partial charge in [-0.1, -0.05) is 12.1 Å². The van der Waals surface area contributed by atoms with Gasteiger partial charge in [0.2, 0.25) is 0 Å².